The summed E-state index contributed by atoms with van der Waals surface area (Å²) in [7, 11) is 6.42. The highest BCUT2D eigenvalue weighted by Gasteiger charge is 2.21. The zero-order valence-electron chi connectivity index (χ0n) is 22.1. The fraction of sp³-hybridized carbons (Fsp3) is 0.308. The van der Waals surface area contributed by atoms with Crippen LogP contribution in [0.1, 0.15) is 12.6 Å². The standard InChI is InChI=1S/C26H30N6O5S/c1-7-31-24(17-13-19(35-4)23(37-6)20(14-17)36-5)28-29-26(31)38-15-21(33)27-22-16(2)30(3)32(25(22)34)18-11-9-8-10-12-18/h8-14H,7,15H2,1-6H3,(H,27,33). The van der Waals surface area contributed by atoms with Gasteiger partial charge in [-0.3, -0.25) is 14.3 Å². The van der Waals surface area contributed by atoms with E-state index in [2.05, 4.69) is 15.5 Å². The highest BCUT2D eigenvalue weighted by Crippen LogP contribution is 2.41. The summed E-state index contributed by atoms with van der Waals surface area (Å²) in [4.78, 5) is 26.0. The highest BCUT2D eigenvalue weighted by molar-refractivity contribution is 7.99. The van der Waals surface area contributed by atoms with E-state index < -0.39 is 0 Å². The molecule has 38 heavy (non-hydrogen) atoms. The minimum atomic E-state index is -0.319. The number of anilines is 1. The van der Waals surface area contributed by atoms with Gasteiger partial charge < -0.3 is 24.1 Å². The largest absolute Gasteiger partial charge is 0.493 e. The number of carbonyl (C=O) groups is 1. The molecule has 0 saturated carbocycles. The number of ether oxygens (including phenoxy) is 3. The van der Waals surface area contributed by atoms with Gasteiger partial charge in [0.25, 0.3) is 5.56 Å². The summed E-state index contributed by atoms with van der Waals surface area (Å²) in [5.41, 5.74) is 2.05. The smallest absolute Gasteiger partial charge is 0.295 e. The molecule has 0 bridgehead atoms. The Labute approximate surface area is 224 Å². The molecule has 0 aliphatic carbocycles. The molecule has 0 aliphatic rings. The molecule has 4 aromatic rings. The molecule has 2 aromatic heterocycles. The van der Waals surface area contributed by atoms with Crippen LogP contribution in [0, 0.1) is 6.92 Å². The topological polar surface area (TPSA) is 114 Å². The predicted octanol–water partition coefficient (Wildman–Crippen LogP) is 3.52. The van der Waals surface area contributed by atoms with E-state index in [0.717, 1.165) is 5.56 Å². The van der Waals surface area contributed by atoms with E-state index in [-0.39, 0.29) is 22.9 Å². The Hall–Kier alpha value is -4.19. The molecule has 0 saturated heterocycles. The molecule has 0 radical (unpaired) electrons. The van der Waals surface area contributed by atoms with Gasteiger partial charge in [-0.1, -0.05) is 30.0 Å². The molecular formula is C26H30N6O5S. The van der Waals surface area contributed by atoms with Gasteiger partial charge in [0, 0.05) is 19.2 Å². The molecule has 0 fully saturated rings. The summed E-state index contributed by atoms with van der Waals surface area (Å²) >= 11 is 1.24. The second-order valence-electron chi connectivity index (χ2n) is 8.24. The van der Waals surface area contributed by atoms with Crippen molar-refractivity contribution in [2.45, 2.75) is 25.5 Å². The van der Waals surface area contributed by atoms with Crippen LogP contribution in [-0.2, 0) is 18.4 Å². The molecule has 0 spiro atoms. The lowest BCUT2D eigenvalue weighted by molar-refractivity contribution is -0.113. The second kappa shape index (κ2) is 11.5. The average Bonchev–Trinajstić information content (AvgIpc) is 3.45. The third kappa shape index (κ3) is 4.99. The first kappa shape index (κ1) is 26.9. The highest BCUT2D eigenvalue weighted by atomic mass is 32.2. The number of carbonyl (C=O) groups excluding carboxylic acids is 1. The predicted molar refractivity (Wildman–Crippen MR) is 146 cm³/mol. The number of para-hydroxylation sites is 1. The lowest BCUT2D eigenvalue weighted by Gasteiger charge is -2.14. The number of rotatable bonds is 10. The van der Waals surface area contributed by atoms with Crippen molar-refractivity contribution >= 4 is 23.4 Å². The number of methoxy groups -OCH3 is 3. The normalized spacial score (nSPS) is 10.9. The van der Waals surface area contributed by atoms with Gasteiger partial charge in [-0.25, -0.2) is 4.68 Å². The number of hydrogen-bond acceptors (Lipinski definition) is 8. The summed E-state index contributed by atoms with van der Waals surface area (Å²) in [6.45, 7) is 4.33. The molecule has 2 heterocycles. The molecule has 1 amide bonds. The average molecular weight is 539 g/mol. The quantitative estimate of drug-likeness (QED) is 0.305. The van der Waals surface area contributed by atoms with E-state index in [1.165, 1.54) is 16.4 Å². The Morgan fingerprint density at radius 1 is 1.03 bits per heavy atom. The van der Waals surface area contributed by atoms with Gasteiger partial charge in [-0.05, 0) is 38.1 Å². The Kier molecular flexibility index (Phi) is 8.10. The van der Waals surface area contributed by atoms with Crippen molar-refractivity contribution in [1.29, 1.82) is 0 Å². The number of aromatic nitrogens is 5. The molecular weight excluding hydrogens is 508 g/mol. The van der Waals surface area contributed by atoms with Crippen molar-refractivity contribution in [3.63, 3.8) is 0 Å². The fourth-order valence-electron chi connectivity index (χ4n) is 4.12. The molecule has 200 valence electrons. The summed E-state index contributed by atoms with van der Waals surface area (Å²) in [5.74, 6) is 1.81. The van der Waals surface area contributed by atoms with E-state index in [1.54, 1.807) is 52.1 Å². The zero-order chi connectivity index (χ0) is 27.4. The molecule has 1 N–H and O–H groups in total. The van der Waals surface area contributed by atoms with Crippen LogP contribution < -0.4 is 25.1 Å². The number of thioether (sulfide) groups is 1. The summed E-state index contributed by atoms with van der Waals surface area (Å²) < 4.78 is 21.5. The van der Waals surface area contributed by atoms with Gasteiger partial charge in [0.05, 0.1) is 38.5 Å². The molecule has 0 aliphatic heterocycles. The van der Waals surface area contributed by atoms with E-state index in [9.17, 15) is 9.59 Å². The summed E-state index contributed by atoms with van der Waals surface area (Å²) in [6.07, 6.45) is 0. The maximum Gasteiger partial charge on any atom is 0.295 e. The summed E-state index contributed by atoms with van der Waals surface area (Å²) in [5, 5.41) is 12.0. The molecule has 0 atom stereocenters. The Morgan fingerprint density at radius 3 is 2.26 bits per heavy atom. The van der Waals surface area contributed by atoms with Gasteiger partial charge in [-0.15, -0.1) is 10.2 Å². The van der Waals surface area contributed by atoms with Crippen molar-refractivity contribution in [3.05, 3.63) is 58.5 Å². The van der Waals surface area contributed by atoms with Crippen molar-refractivity contribution < 1.29 is 19.0 Å². The molecule has 4 rings (SSSR count). The first-order chi connectivity index (χ1) is 18.3. The summed E-state index contributed by atoms with van der Waals surface area (Å²) in [6, 6.07) is 12.9. The second-order valence-corrected chi connectivity index (χ2v) is 9.18. The van der Waals surface area contributed by atoms with Crippen LogP contribution in [0.5, 0.6) is 17.2 Å². The molecule has 11 nitrogen and oxygen atoms in total. The van der Waals surface area contributed by atoms with Crippen molar-refractivity contribution in [1.82, 2.24) is 24.1 Å². The Balaban J connectivity index is 1.54. The van der Waals surface area contributed by atoms with E-state index >= 15 is 0 Å². The van der Waals surface area contributed by atoms with Crippen LogP contribution in [0.25, 0.3) is 17.1 Å². The van der Waals surface area contributed by atoms with Gasteiger partial charge in [0.15, 0.2) is 22.5 Å². The van der Waals surface area contributed by atoms with Crippen LogP contribution >= 0.6 is 11.8 Å². The Bertz CT molecular complexity index is 1480. The van der Waals surface area contributed by atoms with Crippen LogP contribution in [0.15, 0.2) is 52.4 Å². The van der Waals surface area contributed by atoms with Crippen molar-refractivity contribution in [3.8, 4) is 34.3 Å². The third-order valence-corrected chi connectivity index (χ3v) is 7.07. The minimum Gasteiger partial charge on any atom is -0.493 e. The number of benzene rings is 2. The number of hydrogen-bond donors (Lipinski definition) is 1. The number of amides is 1. The molecule has 2 aromatic carbocycles. The molecule has 12 heteroatoms. The Morgan fingerprint density at radius 2 is 1.68 bits per heavy atom. The van der Waals surface area contributed by atoms with Gasteiger partial charge >= 0.3 is 0 Å². The number of nitrogens with zero attached hydrogens (tertiary/aromatic N) is 5. The first-order valence-electron chi connectivity index (χ1n) is 11.8. The lowest BCUT2D eigenvalue weighted by atomic mass is 10.1. The van der Waals surface area contributed by atoms with Crippen LogP contribution in [0.4, 0.5) is 5.69 Å². The SMILES string of the molecule is CCn1c(SCC(=O)Nc2c(C)n(C)n(-c3ccccc3)c2=O)nnc1-c1cc(OC)c(OC)c(OC)c1. The van der Waals surface area contributed by atoms with Crippen LogP contribution in [-0.4, -0.2) is 57.1 Å². The van der Waals surface area contributed by atoms with Crippen LogP contribution in [0.3, 0.4) is 0 Å². The molecule has 0 unspecified atom stereocenters. The third-order valence-electron chi connectivity index (χ3n) is 6.11. The van der Waals surface area contributed by atoms with E-state index in [0.29, 0.717) is 46.2 Å². The maximum absolute atomic E-state index is 13.1. The van der Waals surface area contributed by atoms with Gasteiger partial charge in [-0.2, -0.15) is 0 Å². The van der Waals surface area contributed by atoms with Crippen molar-refractivity contribution in [2.24, 2.45) is 7.05 Å². The monoisotopic (exact) mass is 538 g/mol. The van der Waals surface area contributed by atoms with Gasteiger partial charge in [0.1, 0.15) is 5.69 Å². The van der Waals surface area contributed by atoms with Crippen molar-refractivity contribution in [2.75, 3.05) is 32.4 Å². The lowest BCUT2D eigenvalue weighted by Crippen LogP contribution is -2.23. The minimum absolute atomic E-state index is 0.0481. The van der Waals surface area contributed by atoms with Gasteiger partial charge in [0.2, 0.25) is 11.7 Å². The first-order valence-corrected chi connectivity index (χ1v) is 12.8. The van der Waals surface area contributed by atoms with E-state index in [1.807, 2.05) is 41.8 Å². The maximum atomic E-state index is 13.1. The van der Waals surface area contributed by atoms with Crippen LogP contribution in [0.2, 0.25) is 0 Å². The fourth-order valence-corrected chi connectivity index (χ4v) is 4.92. The number of nitrogens with one attached hydrogen (secondary N) is 1. The zero-order valence-corrected chi connectivity index (χ0v) is 23.0. The van der Waals surface area contributed by atoms with E-state index in [4.69, 9.17) is 14.2 Å².